The van der Waals surface area contributed by atoms with Gasteiger partial charge in [-0.1, -0.05) is 371 Å². The number of pyridine rings is 3. The average molecular weight is 1730 g/mol. The van der Waals surface area contributed by atoms with Gasteiger partial charge in [0, 0.05) is 113 Å². The van der Waals surface area contributed by atoms with Crippen LogP contribution in [0.3, 0.4) is 0 Å². The number of ether oxygens (including phenoxy) is 1. The Hall–Kier alpha value is -16.2. The number of para-hydroxylation sites is 1. The van der Waals surface area contributed by atoms with Crippen molar-refractivity contribution in [2.45, 2.75) is 47.9 Å². The molecule has 1 fully saturated rings. The molecule has 1 aliphatic carbocycles. The van der Waals surface area contributed by atoms with E-state index in [-0.39, 0.29) is 0 Å². The molecule has 16 nitrogen and oxygen atoms in total. The van der Waals surface area contributed by atoms with Crippen molar-refractivity contribution < 1.29 is 9.30 Å². The molecule has 8 heterocycles. The third kappa shape index (κ3) is 24.3. The van der Waals surface area contributed by atoms with E-state index < -0.39 is 7.14 Å². The first-order valence-corrected chi connectivity index (χ1v) is 45.4. The molecule has 8 aromatic heterocycles. The van der Waals surface area contributed by atoms with E-state index in [1.54, 1.807) is 55.5 Å². The standard InChI is InChI=1S/C28H21N2OP.C21H21N3.C17H13N.C16H12N2O.C16H12N2S.C14H10N4/c31-32(24-12-6-2-7-13-24,25-14-8-3-9-15-25)26-18-16-23(17-19-26)28-20-27(29-21-30-28)22-10-4-1-5-11-22;1-4-10-16(11-5-1)19-22-20(17-12-6-2-7-13-17)24-21(23-19)18-14-8-3-9-15-18;1-3-8-14(9-4-1)16-12-7-13-17(18-16)15-10-5-2-6-11-15;2*1-3-7-13(8-4-1)15-11-16(18-12-17-15)19-14-9-5-2-6-10-14;1-5-15-6-2-11(1)13-9-14(18-10-17-13)12-3-7-16-8-4-12/h1-21H;1-2,4-7,10-13,18H,3,8-9,14-15H2;1-13H;2*1-12H;1-10H. The third-order valence-corrected chi connectivity index (χ3v) is 25.1. The Morgan fingerprint density at radius 1 is 0.254 bits per heavy atom. The molecule has 630 valence electrons. The van der Waals surface area contributed by atoms with Crippen molar-refractivity contribution in [2.75, 3.05) is 0 Å². The normalized spacial score (nSPS) is 11.4. The molecule has 0 spiro atoms. The van der Waals surface area contributed by atoms with Crippen molar-refractivity contribution >= 4 is 34.8 Å². The fourth-order valence-corrected chi connectivity index (χ4v) is 17.9. The Balaban J connectivity index is 0.000000116. The Kier molecular flexibility index (Phi) is 30.6. The number of benzene rings is 12. The van der Waals surface area contributed by atoms with Crippen molar-refractivity contribution in [3.8, 4) is 124 Å². The second-order valence-corrected chi connectivity index (χ2v) is 33.7. The SMILES string of the molecule is O=P(c1ccccc1)(c1ccccc1)c1ccc(-c2cc(-c3ccccc3)ncn2)cc1.c1cc(-c2cc(-c3ccncc3)ncn2)ccn1.c1ccc(-c2cccc(-c3ccccc3)n2)cc1.c1ccc(-c2nc(-c3ccccc3)nc(C3CCCCC3)n2)cc1.c1ccc(Oc2cc(-c3ccccc3)ncn2)cc1.c1ccc(Sc2cc(-c3ccccc3)ncn2)cc1. The highest BCUT2D eigenvalue weighted by atomic mass is 32.2. The van der Waals surface area contributed by atoms with Crippen LogP contribution in [0.5, 0.6) is 11.6 Å². The van der Waals surface area contributed by atoms with Crippen molar-refractivity contribution in [3.05, 3.63) is 481 Å². The molecule has 0 atom stereocenters. The van der Waals surface area contributed by atoms with Crippen molar-refractivity contribution in [1.82, 2.24) is 69.8 Å². The Labute approximate surface area is 761 Å². The molecule has 0 radical (unpaired) electrons. The van der Waals surface area contributed by atoms with Gasteiger partial charge in [0.2, 0.25) is 5.88 Å². The molecule has 20 aromatic rings. The van der Waals surface area contributed by atoms with Crippen LogP contribution in [-0.2, 0) is 4.57 Å². The molecule has 12 aromatic carbocycles. The summed E-state index contributed by atoms with van der Waals surface area (Å²) >= 11 is 1.65. The highest BCUT2D eigenvalue weighted by Gasteiger charge is 2.30. The van der Waals surface area contributed by atoms with Crippen LogP contribution in [0, 0.1) is 0 Å². The molecular weight excluding hydrogens is 1640 g/mol. The largest absolute Gasteiger partial charge is 0.439 e. The zero-order chi connectivity index (χ0) is 88.2. The van der Waals surface area contributed by atoms with Gasteiger partial charge in [0.05, 0.1) is 45.6 Å². The molecule has 18 heteroatoms. The molecule has 21 rings (SSSR count). The van der Waals surface area contributed by atoms with E-state index in [9.17, 15) is 4.57 Å². The second kappa shape index (κ2) is 45.6. The Bertz CT molecular complexity index is 6430. The smallest absolute Gasteiger partial charge is 0.222 e. The molecule has 1 saturated carbocycles. The zero-order valence-electron chi connectivity index (χ0n) is 71.1. The number of hydrogen-bond donors (Lipinski definition) is 0. The zero-order valence-corrected chi connectivity index (χ0v) is 72.8. The maximum atomic E-state index is 14.5. The topological polar surface area (TPSA) is 207 Å². The minimum Gasteiger partial charge on any atom is -0.439 e. The lowest BCUT2D eigenvalue weighted by Crippen LogP contribution is -2.24. The third-order valence-electron chi connectivity index (χ3n) is 21.1. The Morgan fingerprint density at radius 2 is 0.569 bits per heavy atom. The van der Waals surface area contributed by atoms with Gasteiger partial charge < -0.3 is 9.30 Å². The lowest BCUT2D eigenvalue weighted by atomic mass is 9.88. The van der Waals surface area contributed by atoms with Crippen molar-refractivity contribution in [1.29, 1.82) is 0 Å². The molecule has 0 aliphatic heterocycles. The highest BCUT2D eigenvalue weighted by molar-refractivity contribution is 7.99. The van der Waals surface area contributed by atoms with Crippen LogP contribution in [0.4, 0.5) is 0 Å². The summed E-state index contributed by atoms with van der Waals surface area (Å²) in [5.41, 5.74) is 17.9. The minimum atomic E-state index is -2.98. The summed E-state index contributed by atoms with van der Waals surface area (Å²) < 4.78 is 20.2. The number of nitrogens with zero attached hydrogens (tertiary/aromatic N) is 14. The summed E-state index contributed by atoms with van der Waals surface area (Å²) in [5, 5.41) is 3.41. The first-order chi connectivity index (χ1) is 64.3. The van der Waals surface area contributed by atoms with Gasteiger partial charge in [0.15, 0.2) is 18.8 Å². The maximum absolute atomic E-state index is 14.5. The van der Waals surface area contributed by atoms with Crippen molar-refractivity contribution in [2.24, 2.45) is 0 Å². The van der Waals surface area contributed by atoms with Gasteiger partial charge in [0.1, 0.15) is 41.9 Å². The number of rotatable bonds is 18. The highest BCUT2D eigenvalue weighted by Crippen LogP contribution is 2.43. The van der Waals surface area contributed by atoms with Crippen LogP contribution in [0.25, 0.3) is 113 Å². The lowest BCUT2D eigenvalue weighted by molar-refractivity contribution is 0.428. The molecule has 1 aliphatic rings. The predicted octanol–water partition coefficient (Wildman–Crippen LogP) is 26.0. The van der Waals surface area contributed by atoms with Crippen LogP contribution < -0.4 is 20.7 Å². The number of hydrogen-bond acceptors (Lipinski definition) is 17. The van der Waals surface area contributed by atoms with Crippen molar-refractivity contribution in [3.63, 3.8) is 0 Å². The van der Waals surface area contributed by atoms with E-state index in [2.05, 4.69) is 129 Å². The summed E-state index contributed by atoms with van der Waals surface area (Å²) in [5.74, 6) is 4.30. The molecule has 0 unspecified atom stereocenters. The van der Waals surface area contributed by atoms with E-state index in [1.807, 2.05) is 346 Å². The van der Waals surface area contributed by atoms with E-state index >= 15 is 0 Å². The van der Waals surface area contributed by atoms with E-state index in [4.69, 9.17) is 24.7 Å². The summed E-state index contributed by atoms with van der Waals surface area (Å²) in [6, 6.07) is 140. The monoisotopic (exact) mass is 1720 g/mol. The van der Waals surface area contributed by atoms with Crippen LogP contribution in [-0.4, -0.2) is 69.8 Å². The molecule has 130 heavy (non-hydrogen) atoms. The molecule has 0 saturated heterocycles. The first-order valence-electron chi connectivity index (χ1n) is 42.8. The second-order valence-electron chi connectivity index (χ2n) is 29.8. The average Bonchev–Trinajstić information content (AvgIpc) is 0.761. The van der Waals surface area contributed by atoms with Gasteiger partial charge in [0.25, 0.3) is 0 Å². The van der Waals surface area contributed by atoms with Crippen LogP contribution >= 0.6 is 18.9 Å². The van der Waals surface area contributed by atoms with Gasteiger partial charge >= 0.3 is 0 Å². The fourth-order valence-electron chi connectivity index (χ4n) is 14.5. The molecule has 0 N–H and O–H groups in total. The van der Waals surface area contributed by atoms with Crippen LogP contribution in [0.15, 0.2) is 485 Å². The summed E-state index contributed by atoms with van der Waals surface area (Å²) in [6.45, 7) is 0. The molecular formula is C112H89N14O2PS. The summed E-state index contributed by atoms with van der Waals surface area (Å²) in [7, 11) is -2.98. The van der Waals surface area contributed by atoms with Crippen LogP contribution in [0.2, 0.25) is 0 Å². The minimum absolute atomic E-state index is 0.465. The van der Waals surface area contributed by atoms with Gasteiger partial charge in [-0.15, -0.1) is 0 Å². The maximum Gasteiger partial charge on any atom is 0.222 e. The Morgan fingerprint density at radius 3 is 0.977 bits per heavy atom. The quantitative estimate of drug-likeness (QED) is 0.0578. The molecule has 0 amide bonds. The van der Waals surface area contributed by atoms with Gasteiger partial charge in [-0.2, -0.15) is 0 Å². The molecule has 0 bridgehead atoms. The lowest BCUT2D eigenvalue weighted by Gasteiger charge is -2.21. The predicted molar refractivity (Wildman–Crippen MR) is 524 cm³/mol. The van der Waals surface area contributed by atoms with E-state index in [1.165, 1.54) is 43.3 Å². The summed E-state index contributed by atoms with van der Waals surface area (Å²) in [6.07, 6.45) is 19.6. The fraction of sp³-hybridized carbons (Fsp3) is 0.0536. The van der Waals surface area contributed by atoms with E-state index in [0.717, 1.165) is 145 Å². The van der Waals surface area contributed by atoms with Gasteiger partial charge in [-0.25, -0.2) is 59.8 Å². The van der Waals surface area contributed by atoms with Crippen LogP contribution in [0.1, 0.15) is 43.8 Å². The van der Waals surface area contributed by atoms with E-state index in [0.29, 0.717) is 11.8 Å². The summed E-state index contributed by atoms with van der Waals surface area (Å²) in [4.78, 5) is 62.8. The number of aromatic nitrogens is 14. The van der Waals surface area contributed by atoms with Gasteiger partial charge in [-0.05, 0) is 91.7 Å². The first kappa shape index (κ1) is 87.3. The van der Waals surface area contributed by atoms with Gasteiger partial charge in [-0.3, -0.25) is 9.97 Å².